The monoisotopic (exact) mass is 250 g/mol. The number of aromatic nitrogens is 1. The fourth-order valence-corrected chi connectivity index (χ4v) is 3.63. The van der Waals surface area contributed by atoms with Crippen LogP contribution in [0.5, 0.6) is 0 Å². The molecule has 1 saturated heterocycles. The Morgan fingerprint density at radius 2 is 2.41 bits per heavy atom. The lowest BCUT2D eigenvalue weighted by atomic mass is 9.93. The van der Waals surface area contributed by atoms with E-state index in [1.807, 2.05) is 13.1 Å². The number of hydrogen-bond donors (Lipinski definition) is 1. The van der Waals surface area contributed by atoms with Crippen molar-refractivity contribution in [1.82, 2.24) is 10.3 Å². The van der Waals surface area contributed by atoms with Crippen molar-refractivity contribution in [1.29, 1.82) is 0 Å². The van der Waals surface area contributed by atoms with Gasteiger partial charge in [0.05, 0.1) is 0 Å². The van der Waals surface area contributed by atoms with E-state index in [2.05, 4.69) is 41.1 Å². The molecule has 1 aliphatic rings. The minimum Gasteiger partial charge on any atom is -0.310 e. The molecule has 0 aromatic carbocycles. The lowest BCUT2D eigenvalue weighted by Gasteiger charge is -2.24. The standard InChI is InChI=1S/C14H22N2S/c1-3-7-15-14(13-6-8-17-10-13)12-5-4-11(2)16-9-12/h4-5,9,13-15H,3,6-8,10H2,1-2H3. The van der Waals surface area contributed by atoms with Gasteiger partial charge in [0.2, 0.25) is 0 Å². The van der Waals surface area contributed by atoms with Crippen LogP contribution in [0.1, 0.15) is 37.1 Å². The third kappa shape index (κ3) is 3.46. The second-order valence-corrected chi connectivity index (χ2v) is 5.94. The Morgan fingerprint density at radius 1 is 1.53 bits per heavy atom. The molecule has 1 aliphatic heterocycles. The Bertz CT molecular complexity index is 331. The van der Waals surface area contributed by atoms with Crippen molar-refractivity contribution in [3.05, 3.63) is 29.6 Å². The largest absolute Gasteiger partial charge is 0.310 e. The van der Waals surface area contributed by atoms with E-state index in [9.17, 15) is 0 Å². The summed E-state index contributed by atoms with van der Waals surface area (Å²) >= 11 is 2.08. The molecule has 94 valence electrons. The summed E-state index contributed by atoms with van der Waals surface area (Å²) in [6, 6.07) is 4.86. The molecule has 2 unspecified atom stereocenters. The quantitative estimate of drug-likeness (QED) is 0.869. The van der Waals surface area contributed by atoms with Crippen molar-refractivity contribution in [2.75, 3.05) is 18.1 Å². The van der Waals surface area contributed by atoms with E-state index in [0.717, 1.165) is 18.2 Å². The highest BCUT2D eigenvalue weighted by atomic mass is 32.2. The number of pyridine rings is 1. The van der Waals surface area contributed by atoms with Gasteiger partial charge in [0.15, 0.2) is 0 Å². The van der Waals surface area contributed by atoms with Gasteiger partial charge in [-0.25, -0.2) is 0 Å². The Kier molecular flexibility index (Phi) is 4.86. The third-order valence-corrected chi connectivity index (χ3v) is 4.53. The molecule has 0 amide bonds. The molecule has 3 heteroatoms. The molecule has 1 aromatic heterocycles. The van der Waals surface area contributed by atoms with Crippen LogP contribution >= 0.6 is 11.8 Å². The van der Waals surface area contributed by atoms with Gasteiger partial charge in [-0.15, -0.1) is 0 Å². The molecule has 2 heterocycles. The fourth-order valence-electron chi connectivity index (χ4n) is 2.34. The lowest BCUT2D eigenvalue weighted by molar-refractivity contribution is 0.393. The average molecular weight is 250 g/mol. The lowest BCUT2D eigenvalue weighted by Crippen LogP contribution is -2.29. The van der Waals surface area contributed by atoms with E-state index in [0.29, 0.717) is 6.04 Å². The molecule has 1 aromatic rings. The summed E-state index contributed by atoms with van der Waals surface area (Å²) < 4.78 is 0. The number of nitrogens with one attached hydrogen (secondary N) is 1. The zero-order chi connectivity index (χ0) is 12.1. The van der Waals surface area contributed by atoms with Crippen LogP contribution in [0.4, 0.5) is 0 Å². The molecule has 0 radical (unpaired) electrons. The van der Waals surface area contributed by atoms with Crippen molar-refractivity contribution < 1.29 is 0 Å². The van der Waals surface area contributed by atoms with E-state index in [1.165, 1.54) is 29.9 Å². The van der Waals surface area contributed by atoms with Gasteiger partial charge in [0.25, 0.3) is 0 Å². The van der Waals surface area contributed by atoms with E-state index < -0.39 is 0 Å². The Morgan fingerprint density at radius 3 is 3.00 bits per heavy atom. The van der Waals surface area contributed by atoms with Gasteiger partial charge in [-0.1, -0.05) is 13.0 Å². The van der Waals surface area contributed by atoms with Crippen molar-refractivity contribution in [2.45, 2.75) is 32.7 Å². The predicted octanol–water partition coefficient (Wildman–Crippen LogP) is 3.18. The first kappa shape index (κ1) is 12.9. The van der Waals surface area contributed by atoms with Gasteiger partial charge >= 0.3 is 0 Å². The molecule has 0 bridgehead atoms. The molecule has 1 N–H and O–H groups in total. The fraction of sp³-hybridized carbons (Fsp3) is 0.643. The Hall–Kier alpha value is -0.540. The zero-order valence-corrected chi connectivity index (χ0v) is 11.6. The zero-order valence-electron chi connectivity index (χ0n) is 10.8. The summed E-state index contributed by atoms with van der Waals surface area (Å²) in [7, 11) is 0. The van der Waals surface area contributed by atoms with Crippen LogP contribution in [0, 0.1) is 12.8 Å². The first-order valence-corrected chi connectivity index (χ1v) is 7.70. The summed E-state index contributed by atoms with van der Waals surface area (Å²) in [5.41, 5.74) is 2.46. The van der Waals surface area contributed by atoms with Crippen molar-refractivity contribution in [2.24, 2.45) is 5.92 Å². The minimum atomic E-state index is 0.498. The molecule has 2 nitrogen and oxygen atoms in total. The van der Waals surface area contributed by atoms with Gasteiger partial charge in [-0.2, -0.15) is 11.8 Å². The highest BCUT2D eigenvalue weighted by Crippen LogP contribution is 2.33. The van der Waals surface area contributed by atoms with Crippen LogP contribution < -0.4 is 5.32 Å². The van der Waals surface area contributed by atoms with Gasteiger partial charge in [0.1, 0.15) is 0 Å². The van der Waals surface area contributed by atoms with Crippen LogP contribution in [0.3, 0.4) is 0 Å². The van der Waals surface area contributed by atoms with E-state index in [4.69, 9.17) is 0 Å². The normalized spacial score (nSPS) is 21.6. The Balaban J connectivity index is 2.10. The molecule has 2 atom stereocenters. The minimum absolute atomic E-state index is 0.498. The van der Waals surface area contributed by atoms with E-state index in [-0.39, 0.29) is 0 Å². The summed E-state index contributed by atoms with van der Waals surface area (Å²) in [5, 5.41) is 3.69. The smallest absolute Gasteiger partial charge is 0.0372 e. The average Bonchev–Trinajstić information content (AvgIpc) is 2.85. The SMILES string of the molecule is CCCNC(c1ccc(C)nc1)C1CCSC1. The highest BCUT2D eigenvalue weighted by molar-refractivity contribution is 7.99. The second kappa shape index (κ2) is 6.41. The summed E-state index contributed by atoms with van der Waals surface area (Å²) in [6.07, 6.45) is 4.57. The number of nitrogens with zero attached hydrogens (tertiary/aromatic N) is 1. The topological polar surface area (TPSA) is 24.9 Å². The predicted molar refractivity (Wildman–Crippen MR) is 75.4 cm³/mol. The maximum absolute atomic E-state index is 4.43. The number of rotatable bonds is 5. The molecule has 2 rings (SSSR count). The summed E-state index contributed by atoms with van der Waals surface area (Å²) in [6.45, 7) is 5.37. The second-order valence-electron chi connectivity index (χ2n) is 4.79. The van der Waals surface area contributed by atoms with E-state index >= 15 is 0 Å². The third-order valence-electron chi connectivity index (χ3n) is 3.34. The number of aryl methyl sites for hydroxylation is 1. The maximum Gasteiger partial charge on any atom is 0.0372 e. The molecular weight excluding hydrogens is 228 g/mol. The molecular formula is C14H22N2S. The molecule has 0 spiro atoms. The highest BCUT2D eigenvalue weighted by Gasteiger charge is 2.26. The molecule has 1 fully saturated rings. The molecule has 17 heavy (non-hydrogen) atoms. The van der Waals surface area contributed by atoms with Crippen molar-refractivity contribution in [3.63, 3.8) is 0 Å². The van der Waals surface area contributed by atoms with Crippen LogP contribution in [-0.4, -0.2) is 23.0 Å². The summed E-state index contributed by atoms with van der Waals surface area (Å²) in [5.74, 6) is 3.37. The van der Waals surface area contributed by atoms with Crippen LogP contribution in [0.2, 0.25) is 0 Å². The number of hydrogen-bond acceptors (Lipinski definition) is 3. The van der Waals surface area contributed by atoms with Gasteiger partial charge < -0.3 is 5.32 Å². The van der Waals surface area contributed by atoms with Crippen LogP contribution in [0.25, 0.3) is 0 Å². The molecule has 0 saturated carbocycles. The summed E-state index contributed by atoms with van der Waals surface area (Å²) in [4.78, 5) is 4.43. The number of thioether (sulfide) groups is 1. The first-order valence-electron chi connectivity index (χ1n) is 6.55. The van der Waals surface area contributed by atoms with Crippen LogP contribution in [0.15, 0.2) is 18.3 Å². The van der Waals surface area contributed by atoms with Gasteiger partial charge in [-0.05, 0) is 55.4 Å². The van der Waals surface area contributed by atoms with Crippen LogP contribution in [-0.2, 0) is 0 Å². The molecule has 0 aliphatic carbocycles. The first-order chi connectivity index (χ1) is 8.31. The van der Waals surface area contributed by atoms with E-state index in [1.54, 1.807) is 0 Å². The van der Waals surface area contributed by atoms with Crippen molar-refractivity contribution >= 4 is 11.8 Å². The van der Waals surface area contributed by atoms with Gasteiger partial charge in [-0.3, -0.25) is 4.98 Å². The van der Waals surface area contributed by atoms with Gasteiger partial charge in [0, 0.05) is 17.9 Å². The maximum atomic E-state index is 4.43. The van der Waals surface area contributed by atoms with Crippen molar-refractivity contribution in [3.8, 4) is 0 Å². The Labute approximate surface area is 109 Å².